The number of aromatic nitrogens is 2. The van der Waals surface area contributed by atoms with Crippen LogP contribution in [0.15, 0.2) is 0 Å². The maximum absolute atomic E-state index is 12.2. The first-order valence-electron chi connectivity index (χ1n) is 4.15. The number of hydrogen-bond acceptors (Lipinski definition) is 5. The maximum atomic E-state index is 12.2. The molecule has 5 nitrogen and oxygen atoms in total. The van der Waals surface area contributed by atoms with Crippen LogP contribution in [0.2, 0.25) is 0 Å². The van der Waals surface area contributed by atoms with E-state index < -0.39 is 24.5 Å². The predicted molar refractivity (Wildman–Crippen MR) is 53.6 cm³/mol. The normalized spacial score (nSPS) is 10.9. The molecule has 1 rings (SSSR count). The van der Waals surface area contributed by atoms with Crippen molar-refractivity contribution < 1.29 is 23.1 Å². The second-order valence-corrected chi connectivity index (χ2v) is 3.58. The number of carboxylic acids is 1. The van der Waals surface area contributed by atoms with Crippen molar-refractivity contribution in [3.05, 3.63) is 5.82 Å². The fourth-order valence-electron chi connectivity index (χ4n) is 0.924. The Bertz CT molecular complexity index is 452. The first kappa shape index (κ1) is 13.2. The Morgan fingerprint density at radius 3 is 2.65 bits per heavy atom. The van der Waals surface area contributed by atoms with E-state index in [-0.39, 0.29) is 11.7 Å². The number of anilines is 1. The minimum absolute atomic E-state index is 0.154. The van der Waals surface area contributed by atoms with E-state index >= 15 is 0 Å². The van der Waals surface area contributed by atoms with E-state index in [4.69, 9.17) is 11.5 Å². The van der Waals surface area contributed by atoms with Crippen LogP contribution in [0.5, 0.6) is 0 Å². The summed E-state index contributed by atoms with van der Waals surface area (Å²) in [5, 5.41) is 8.39. The highest BCUT2D eigenvalue weighted by Crippen LogP contribution is 2.30. The molecule has 0 radical (unpaired) electrons. The van der Waals surface area contributed by atoms with Crippen molar-refractivity contribution >= 4 is 22.6 Å². The molecule has 1 aromatic heterocycles. The topological polar surface area (TPSA) is 66.3 Å². The minimum atomic E-state index is -4.65. The lowest BCUT2D eigenvalue weighted by Gasteiger charge is -2.15. The molecule has 0 unspecified atom stereocenters. The van der Waals surface area contributed by atoms with E-state index in [9.17, 15) is 18.0 Å². The van der Waals surface area contributed by atoms with Gasteiger partial charge in [-0.05, 0) is 0 Å². The van der Waals surface area contributed by atoms with Crippen molar-refractivity contribution in [3.63, 3.8) is 0 Å². The summed E-state index contributed by atoms with van der Waals surface area (Å²) < 4.78 is 39.8. The van der Waals surface area contributed by atoms with E-state index in [0.29, 0.717) is 11.5 Å². The summed E-state index contributed by atoms with van der Waals surface area (Å²) in [6, 6.07) is 0. The molecule has 9 heteroatoms. The smallest absolute Gasteiger partial charge is 0.452 e. The van der Waals surface area contributed by atoms with Gasteiger partial charge in [0.2, 0.25) is 11.0 Å². The van der Waals surface area contributed by atoms with Crippen molar-refractivity contribution in [1.29, 1.82) is 0 Å². The molecule has 0 amide bonds. The van der Waals surface area contributed by atoms with Crippen molar-refractivity contribution in [3.8, 4) is 12.3 Å². The van der Waals surface area contributed by atoms with Crippen LogP contribution in [-0.2, 0) is 11.0 Å². The van der Waals surface area contributed by atoms with Crippen molar-refractivity contribution in [2.75, 3.05) is 18.0 Å². The third kappa shape index (κ3) is 3.60. The van der Waals surface area contributed by atoms with Crippen molar-refractivity contribution in [2.45, 2.75) is 6.18 Å². The lowest BCUT2D eigenvalue weighted by molar-refractivity contribution is -0.144. The van der Waals surface area contributed by atoms with Crippen LogP contribution >= 0.6 is 11.5 Å². The Labute approximate surface area is 98.1 Å². The Balaban J connectivity index is 2.92. The van der Waals surface area contributed by atoms with Crippen LogP contribution in [0.4, 0.5) is 18.3 Å². The van der Waals surface area contributed by atoms with Gasteiger partial charge in [0.05, 0.1) is 6.54 Å². The average Bonchev–Trinajstić information content (AvgIpc) is 2.64. The molecule has 1 heterocycles. The van der Waals surface area contributed by atoms with Gasteiger partial charge in [0.1, 0.15) is 6.54 Å². The van der Waals surface area contributed by atoms with Gasteiger partial charge < -0.3 is 10.0 Å². The van der Waals surface area contributed by atoms with Crippen LogP contribution in [-0.4, -0.2) is 33.5 Å². The third-order valence-corrected chi connectivity index (χ3v) is 2.32. The number of halogens is 3. The molecule has 0 atom stereocenters. The number of terminal acetylenes is 1. The highest BCUT2D eigenvalue weighted by molar-refractivity contribution is 7.09. The number of aliphatic carboxylic acids is 1. The summed E-state index contributed by atoms with van der Waals surface area (Å²) in [5.41, 5.74) is 0. The molecule has 0 bridgehead atoms. The summed E-state index contributed by atoms with van der Waals surface area (Å²) in [5.74, 6) is -0.380. The second kappa shape index (κ2) is 5.01. The van der Waals surface area contributed by atoms with Crippen LogP contribution < -0.4 is 4.90 Å². The van der Waals surface area contributed by atoms with Gasteiger partial charge >= 0.3 is 12.1 Å². The van der Waals surface area contributed by atoms with Gasteiger partial charge in [-0.15, -0.1) is 6.42 Å². The SMILES string of the molecule is C#CCN(CC(=O)O)c1nc(C(F)(F)F)ns1. The summed E-state index contributed by atoms with van der Waals surface area (Å²) >= 11 is 0.452. The van der Waals surface area contributed by atoms with Gasteiger partial charge in [0.15, 0.2) is 0 Å². The number of hydrogen-bond donors (Lipinski definition) is 1. The maximum Gasteiger partial charge on any atom is 0.452 e. The van der Waals surface area contributed by atoms with Crippen LogP contribution in [0.25, 0.3) is 0 Å². The first-order chi connectivity index (χ1) is 7.84. The number of alkyl halides is 3. The van der Waals surface area contributed by atoms with Crippen LogP contribution in [0.1, 0.15) is 5.82 Å². The highest BCUT2D eigenvalue weighted by atomic mass is 32.1. The largest absolute Gasteiger partial charge is 0.480 e. The number of nitrogens with zero attached hydrogens (tertiary/aromatic N) is 3. The van der Waals surface area contributed by atoms with E-state index in [1.54, 1.807) is 0 Å². The molecule has 0 saturated carbocycles. The Morgan fingerprint density at radius 1 is 1.59 bits per heavy atom. The third-order valence-electron chi connectivity index (χ3n) is 1.55. The van der Waals surface area contributed by atoms with Gasteiger partial charge in [0, 0.05) is 11.5 Å². The standard InChI is InChI=1S/C8H6F3N3O2S/c1-2-3-14(4-5(15)16)7-12-6(13-17-7)8(9,10)11/h1H,3-4H2,(H,15,16). The summed E-state index contributed by atoms with van der Waals surface area (Å²) in [6.45, 7) is -0.685. The Kier molecular flexibility index (Phi) is 3.90. The summed E-state index contributed by atoms with van der Waals surface area (Å²) in [4.78, 5) is 14.7. The van der Waals surface area contributed by atoms with Gasteiger partial charge in [-0.3, -0.25) is 4.79 Å². The van der Waals surface area contributed by atoms with E-state index in [1.165, 1.54) is 0 Å². The summed E-state index contributed by atoms with van der Waals surface area (Å²) in [7, 11) is 0. The van der Waals surface area contributed by atoms with Crippen molar-refractivity contribution in [1.82, 2.24) is 9.36 Å². The molecule has 92 valence electrons. The Morgan fingerprint density at radius 2 is 2.24 bits per heavy atom. The average molecular weight is 265 g/mol. The molecule has 0 fully saturated rings. The molecule has 17 heavy (non-hydrogen) atoms. The molecule has 0 aromatic carbocycles. The van der Waals surface area contributed by atoms with Gasteiger partial charge in [-0.1, -0.05) is 5.92 Å². The predicted octanol–water partition coefficient (Wildman–Crippen LogP) is 1.08. The van der Waals surface area contributed by atoms with Crippen molar-refractivity contribution in [2.24, 2.45) is 0 Å². The lowest BCUT2D eigenvalue weighted by atomic mass is 10.5. The van der Waals surface area contributed by atoms with Gasteiger partial charge in [-0.2, -0.15) is 22.5 Å². The lowest BCUT2D eigenvalue weighted by Crippen LogP contribution is -2.30. The second-order valence-electron chi connectivity index (χ2n) is 2.85. The molecular weight excluding hydrogens is 259 g/mol. The Hall–Kier alpha value is -1.82. The summed E-state index contributed by atoms with van der Waals surface area (Å²) in [6.07, 6.45) is 0.332. The molecule has 0 saturated heterocycles. The monoisotopic (exact) mass is 265 g/mol. The van der Waals surface area contributed by atoms with Crippen LogP contribution in [0, 0.1) is 12.3 Å². The molecule has 0 aliphatic carbocycles. The zero-order valence-corrected chi connectivity index (χ0v) is 9.05. The quantitative estimate of drug-likeness (QED) is 0.825. The number of carboxylic acid groups (broad SMARTS) is 1. The van der Waals surface area contributed by atoms with E-state index in [0.717, 1.165) is 4.90 Å². The van der Waals surface area contributed by atoms with E-state index in [1.807, 2.05) is 0 Å². The van der Waals surface area contributed by atoms with Gasteiger partial charge in [0.25, 0.3) is 0 Å². The molecule has 1 aromatic rings. The number of rotatable bonds is 4. The number of carbonyl (C=O) groups is 1. The van der Waals surface area contributed by atoms with Gasteiger partial charge in [-0.25, -0.2) is 0 Å². The molecule has 0 aliphatic heterocycles. The molecule has 1 N–H and O–H groups in total. The molecular formula is C8H6F3N3O2S. The highest BCUT2D eigenvalue weighted by Gasteiger charge is 2.36. The minimum Gasteiger partial charge on any atom is -0.480 e. The zero-order chi connectivity index (χ0) is 13.1. The fourth-order valence-corrected chi connectivity index (χ4v) is 1.61. The fraction of sp³-hybridized carbons (Fsp3) is 0.375. The zero-order valence-electron chi connectivity index (χ0n) is 8.23. The molecule has 0 aliphatic rings. The van der Waals surface area contributed by atoms with Crippen LogP contribution in [0.3, 0.4) is 0 Å². The first-order valence-corrected chi connectivity index (χ1v) is 4.93. The van der Waals surface area contributed by atoms with E-state index in [2.05, 4.69) is 15.3 Å². The molecule has 0 spiro atoms.